The lowest BCUT2D eigenvalue weighted by Crippen LogP contribution is -2.24. The van der Waals surface area contributed by atoms with Gasteiger partial charge in [-0.2, -0.15) is 0 Å². The molecule has 2 fully saturated rings. The quantitative estimate of drug-likeness (QED) is 0.126. The second-order valence-corrected chi connectivity index (χ2v) is 19.2. The number of methoxy groups -OCH3 is 2. The standard InChI is InChI=1S/2C9H18O.2C8H18O2.2C7H16O/c2*1-8(2)7-9(3)5-4-6-10-9;2*1-4-10-6-8(9)5-7(2)3;2*1-6(2)7(3)5-8-4/h2*8H,4-7H2,1-3H3;2*7-9H,4-6H2,1-3H3;2*6-7H,5H2,1-4H3/t2*9-;2*8-;2*7-/m101010/s1. The van der Waals surface area contributed by atoms with Gasteiger partial charge in [0.25, 0.3) is 0 Å². The molecule has 0 saturated carbocycles. The minimum Gasteiger partial charge on any atom is -0.391 e. The second-order valence-electron chi connectivity index (χ2n) is 19.2. The molecule has 2 aliphatic heterocycles. The molecule has 0 amide bonds. The van der Waals surface area contributed by atoms with Gasteiger partial charge >= 0.3 is 0 Å². The number of aliphatic hydroxyl groups excluding tert-OH is 2. The third-order valence-corrected chi connectivity index (χ3v) is 9.93. The molecule has 0 radical (unpaired) electrons. The van der Waals surface area contributed by atoms with Gasteiger partial charge in [0, 0.05) is 53.9 Å². The maximum Gasteiger partial charge on any atom is 0.0776 e. The average molecular weight is 809 g/mol. The molecular formula is C48H104O8. The van der Waals surface area contributed by atoms with Crippen LogP contribution in [0.5, 0.6) is 0 Å². The molecule has 344 valence electrons. The highest BCUT2D eigenvalue weighted by molar-refractivity contribution is 4.81. The first-order chi connectivity index (χ1) is 25.9. The monoisotopic (exact) mass is 809 g/mol. The van der Waals surface area contributed by atoms with Gasteiger partial charge in [0.2, 0.25) is 0 Å². The summed E-state index contributed by atoms with van der Waals surface area (Å²) < 4.78 is 31.3. The predicted molar refractivity (Wildman–Crippen MR) is 242 cm³/mol. The number of hydrogen-bond donors (Lipinski definition) is 2. The molecule has 8 nitrogen and oxygen atoms in total. The number of hydrogen-bond acceptors (Lipinski definition) is 8. The Morgan fingerprint density at radius 2 is 0.804 bits per heavy atom. The predicted octanol–water partition coefficient (Wildman–Crippen LogP) is 11.9. The van der Waals surface area contributed by atoms with Crippen molar-refractivity contribution in [3.05, 3.63) is 0 Å². The number of aliphatic hydroxyl groups is 2. The summed E-state index contributed by atoms with van der Waals surface area (Å²) >= 11 is 0. The van der Waals surface area contributed by atoms with Crippen molar-refractivity contribution in [3.8, 4) is 0 Å². The van der Waals surface area contributed by atoms with Gasteiger partial charge in [0.05, 0.1) is 36.6 Å². The third kappa shape index (κ3) is 44.8. The average Bonchev–Trinajstić information content (AvgIpc) is 3.70. The number of ether oxygens (including phenoxy) is 6. The lowest BCUT2D eigenvalue weighted by atomic mass is 9.92. The van der Waals surface area contributed by atoms with Crippen molar-refractivity contribution in [2.45, 2.75) is 199 Å². The lowest BCUT2D eigenvalue weighted by molar-refractivity contribution is 0.00352. The van der Waals surface area contributed by atoms with Crippen LogP contribution in [0.1, 0.15) is 176 Å². The van der Waals surface area contributed by atoms with Crippen molar-refractivity contribution >= 4 is 0 Å². The summed E-state index contributed by atoms with van der Waals surface area (Å²) in [5.74, 6) is 5.52. The van der Waals surface area contributed by atoms with E-state index in [0.29, 0.717) is 50.1 Å². The zero-order valence-electron chi connectivity index (χ0n) is 41.4. The van der Waals surface area contributed by atoms with E-state index in [-0.39, 0.29) is 23.4 Å². The van der Waals surface area contributed by atoms with E-state index in [4.69, 9.17) is 28.4 Å². The molecule has 0 bridgehead atoms. The van der Waals surface area contributed by atoms with E-state index >= 15 is 0 Å². The Bertz CT molecular complexity index is 709. The lowest BCUT2D eigenvalue weighted by Gasteiger charge is -2.24. The molecule has 2 saturated heterocycles. The van der Waals surface area contributed by atoms with E-state index < -0.39 is 0 Å². The molecule has 56 heavy (non-hydrogen) atoms. The van der Waals surface area contributed by atoms with Crippen molar-refractivity contribution in [1.82, 2.24) is 0 Å². The van der Waals surface area contributed by atoms with Crippen LogP contribution in [0.2, 0.25) is 0 Å². The first kappa shape index (κ1) is 62.3. The topological polar surface area (TPSA) is 95.8 Å². The van der Waals surface area contributed by atoms with E-state index in [2.05, 4.69) is 111 Å². The van der Waals surface area contributed by atoms with Crippen LogP contribution in [0.15, 0.2) is 0 Å². The van der Waals surface area contributed by atoms with Crippen LogP contribution in [0, 0.1) is 47.3 Å². The van der Waals surface area contributed by atoms with Crippen molar-refractivity contribution in [2.75, 3.05) is 67.1 Å². The zero-order chi connectivity index (χ0) is 44.3. The van der Waals surface area contributed by atoms with Crippen molar-refractivity contribution < 1.29 is 38.6 Å². The summed E-state index contributed by atoms with van der Waals surface area (Å²) in [5.41, 5.74) is 0.433. The van der Waals surface area contributed by atoms with Crippen LogP contribution in [-0.4, -0.2) is 101 Å². The summed E-state index contributed by atoms with van der Waals surface area (Å²) in [6.07, 6.45) is 8.56. The molecule has 0 aromatic carbocycles. The highest BCUT2D eigenvalue weighted by Gasteiger charge is 2.30. The highest BCUT2D eigenvalue weighted by atomic mass is 16.5. The molecule has 8 heteroatoms. The first-order valence-corrected chi connectivity index (χ1v) is 22.7. The Kier molecular flexibility index (Phi) is 43.2. The Morgan fingerprint density at radius 3 is 0.964 bits per heavy atom. The Morgan fingerprint density at radius 1 is 0.500 bits per heavy atom. The zero-order valence-corrected chi connectivity index (χ0v) is 41.4. The molecule has 0 spiro atoms. The van der Waals surface area contributed by atoms with Crippen LogP contribution in [0.25, 0.3) is 0 Å². The van der Waals surface area contributed by atoms with Gasteiger partial charge in [-0.05, 0) is 126 Å². The Balaban J connectivity index is -0.000000291. The molecule has 2 rings (SSSR count). The molecular weight excluding hydrogens is 705 g/mol. The van der Waals surface area contributed by atoms with Gasteiger partial charge in [-0.1, -0.05) is 96.9 Å². The molecule has 2 aliphatic rings. The molecule has 6 atom stereocenters. The van der Waals surface area contributed by atoms with Crippen molar-refractivity contribution in [2.24, 2.45) is 47.3 Å². The molecule has 2 heterocycles. The minimum atomic E-state index is -0.278. The maximum absolute atomic E-state index is 9.23. The molecule has 0 aliphatic carbocycles. The van der Waals surface area contributed by atoms with E-state index in [1.165, 1.54) is 38.5 Å². The van der Waals surface area contributed by atoms with Gasteiger partial charge in [-0.15, -0.1) is 0 Å². The number of rotatable bonds is 20. The maximum atomic E-state index is 9.23. The van der Waals surface area contributed by atoms with E-state index in [0.717, 1.165) is 62.9 Å². The Labute approximate surface area is 351 Å². The fourth-order valence-electron chi connectivity index (χ4n) is 6.37. The fraction of sp³-hybridized carbons (Fsp3) is 1.00. The van der Waals surface area contributed by atoms with Gasteiger partial charge < -0.3 is 38.6 Å². The normalized spacial score (nSPS) is 21.2. The van der Waals surface area contributed by atoms with E-state index in [9.17, 15) is 10.2 Å². The third-order valence-electron chi connectivity index (χ3n) is 9.93. The van der Waals surface area contributed by atoms with Crippen LogP contribution in [0.3, 0.4) is 0 Å². The SMILES string of the molecule is CC(C)C[C@@]1(C)CCCO1.CC(C)C[C@]1(C)CCCO1.CCOC[C@@H](O)CC(C)C.CCOC[C@H](O)CC(C)C.COC[C@@H](C)C(C)C.COC[C@H](C)C(C)C. The van der Waals surface area contributed by atoms with Crippen LogP contribution in [-0.2, 0) is 28.4 Å². The van der Waals surface area contributed by atoms with Gasteiger partial charge in [-0.25, -0.2) is 0 Å². The van der Waals surface area contributed by atoms with Crippen LogP contribution in [0.4, 0.5) is 0 Å². The van der Waals surface area contributed by atoms with Gasteiger partial charge in [-0.3, -0.25) is 0 Å². The summed E-state index contributed by atoms with van der Waals surface area (Å²) in [6, 6.07) is 0. The molecule has 0 aromatic rings. The summed E-state index contributed by atoms with van der Waals surface area (Å²) in [6.45, 7) is 45.1. The molecule has 0 aromatic heterocycles. The van der Waals surface area contributed by atoms with Crippen molar-refractivity contribution in [1.29, 1.82) is 0 Å². The van der Waals surface area contributed by atoms with Crippen LogP contribution < -0.4 is 0 Å². The summed E-state index contributed by atoms with van der Waals surface area (Å²) in [7, 11) is 3.50. The second kappa shape index (κ2) is 38.9. The Hall–Kier alpha value is -0.320. The fourth-order valence-corrected chi connectivity index (χ4v) is 6.37. The van der Waals surface area contributed by atoms with E-state index in [1.807, 2.05) is 13.8 Å². The molecule has 0 unspecified atom stereocenters. The largest absolute Gasteiger partial charge is 0.391 e. The summed E-state index contributed by atoms with van der Waals surface area (Å²) in [5, 5.41) is 18.5. The van der Waals surface area contributed by atoms with Gasteiger partial charge in [0.1, 0.15) is 0 Å². The smallest absolute Gasteiger partial charge is 0.0776 e. The highest BCUT2D eigenvalue weighted by Crippen LogP contribution is 2.32. The first-order valence-electron chi connectivity index (χ1n) is 22.7. The van der Waals surface area contributed by atoms with Crippen LogP contribution >= 0.6 is 0 Å². The van der Waals surface area contributed by atoms with Crippen molar-refractivity contribution in [3.63, 3.8) is 0 Å². The molecule has 2 N–H and O–H groups in total. The van der Waals surface area contributed by atoms with Gasteiger partial charge in [0.15, 0.2) is 0 Å². The summed E-state index contributed by atoms with van der Waals surface area (Å²) in [4.78, 5) is 0. The van der Waals surface area contributed by atoms with E-state index in [1.54, 1.807) is 14.2 Å². The minimum absolute atomic E-state index is 0.216.